The smallest absolute Gasteiger partial charge is 0.321 e. The maximum Gasteiger partial charge on any atom is 0.321 e. The van der Waals surface area contributed by atoms with Gasteiger partial charge >= 0.3 is 6.03 Å². The van der Waals surface area contributed by atoms with Gasteiger partial charge in [0.1, 0.15) is 15.7 Å². The predicted molar refractivity (Wildman–Crippen MR) is 74.9 cm³/mol. The van der Waals surface area contributed by atoms with Gasteiger partial charge in [0.25, 0.3) is 0 Å². The highest BCUT2D eigenvalue weighted by Crippen LogP contribution is 2.18. The van der Waals surface area contributed by atoms with Crippen LogP contribution in [0, 0.1) is 5.82 Å². The van der Waals surface area contributed by atoms with Crippen molar-refractivity contribution in [2.45, 2.75) is 18.1 Å². The second-order valence-electron chi connectivity index (χ2n) is 4.95. The molecular formula is C13H17FN2O3S. The summed E-state index contributed by atoms with van der Waals surface area (Å²) in [6.07, 6.45) is 2.14. The number of amides is 2. The Labute approximate surface area is 117 Å². The Balaban J connectivity index is 1.90. The summed E-state index contributed by atoms with van der Waals surface area (Å²) in [4.78, 5) is 13.6. The van der Waals surface area contributed by atoms with Crippen LogP contribution in [0.15, 0.2) is 24.3 Å². The van der Waals surface area contributed by atoms with E-state index in [0.29, 0.717) is 31.6 Å². The van der Waals surface area contributed by atoms with Crippen molar-refractivity contribution in [3.05, 3.63) is 30.1 Å². The van der Waals surface area contributed by atoms with Crippen molar-refractivity contribution >= 4 is 21.6 Å². The number of carbonyl (C=O) groups excluding carboxylic acids is 1. The van der Waals surface area contributed by atoms with E-state index in [1.807, 2.05) is 0 Å². The van der Waals surface area contributed by atoms with Crippen LogP contribution in [0.5, 0.6) is 0 Å². The van der Waals surface area contributed by atoms with Crippen molar-refractivity contribution in [2.75, 3.05) is 24.7 Å². The second kappa shape index (κ2) is 5.78. The van der Waals surface area contributed by atoms with Gasteiger partial charge in [0.05, 0.1) is 5.25 Å². The van der Waals surface area contributed by atoms with Crippen molar-refractivity contribution in [1.82, 2.24) is 4.90 Å². The normalized spacial score (nSPS) is 17.0. The number of benzene rings is 1. The van der Waals surface area contributed by atoms with Gasteiger partial charge in [0.2, 0.25) is 0 Å². The largest absolute Gasteiger partial charge is 0.324 e. The molecule has 0 aliphatic carbocycles. The van der Waals surface area contributed by atoms with Crippen LogP contribution in [0.3, 0.4) is 0 Å². The SMILES string of the molecule is CS(=O)(=O)C1CCN(C(=O)Nc2ccc(F)cc2)CC1. The number of piperidine rings is 1. The fraction of sp³-hybridized carbons (Fsp3) is 0.462. The first-order valence-electron chi connectivity index (χ1n) is 6.36. The highest BCUT2D eigenvalue weighted by Gasteiger charge is 2.28. The van der Waals surface area contributed by atoms with Crippen molar-refractivity contribution < 1.29 is 17.6 Å². The molecule has 5 nitrogen and oxygen atoms in total. The van der Waals surface area contributed by atoms with Crippen LogP contribution in [0.25, 0.3) is 0 Å². The molecule has 0 bridgehead atoms. The molecule has 7 heteroatoms. The van der Waals surface area contributed by atoms with Gasteiger partial charge in [-0.2, -0.15) is 0 Å². The molecule has 1 aliphatic rings. The quantitative estimate of drug-likeness (QED) is 0.906. The molecule has 0 radical (unpaired) electrons. The topological polar surface area (TPSA) is 66.5 Å². The molecule has 1 saturated heterocycles. The number of carbonyl (C=O) groups is 1. The number of sulfone groups is 1. The Morgan fingerprint density at radius 2 is 1.80 bits per heavy atom. The van der Waals surface area contributed by atoms with Crippen LogP contribution in [0.4, 0.5) is 14.9 Å². The average molecular weight is 300 g/mol. The van der Waals surface area contributed by atoms with Gasteiger partial charge in [0.15, 0.2) is 0 Å². The van der Waals surface area contributed by atoms with Crippen LogP contribution in [0.1, 0.15) is 12.8 Å². The molecule has 2 rings (SSSR count). The Morgan fingerprint density at radius 1 is 1.25 bits per heavy atom. The fourth-order valence-electron chi connectivity index (χ4n) is 2.22. The highest BCUT2D eigenvalue weighted by molar-refractivity contribution is 7.91. The van der Waals surface area contributed by atoms with Crippen molar-refractivity contribution in [2.24, 2.45) is 0 Å². The summed E-state index contributed by atoms with van der Waals surface area (Å²) < 4.78 is 35.6. The Morgan fingerprint density at radius 3 is 2.30 bits per heavy atom. The van der Waals surface area contributed by atoms with Crippen molar-refractivity contribution in [1.29, 1.82) is 0 Å². The minimum absolute atomic E-state index is 0.288. The number of urea groups is 1. The zero-order valence-electron chi connectivity index (χ0n) is 11.2. The van der Waals surface area contributed by atoms with E-state index in [1.54, 1.807) is 4.90 Å². The molecule has 1 fully saturated rings. The molecule has 0 unspecified atom stereocenters. The fourth-order valence-corrected chi connectivity index (χ4v) is 3.29. The summed E-state index contributed by atoms with van der Waals surface area (Å²) in [6.45, 7) is 0.815. The van der Waals surface area contributed by atoms with E-state index in [4.69, 9.17) is 0 Å². The van der Waals surface area contributed by atoms with Gasteiger partial charge in [-0.05, 0) is 37.1 Å². The molecule has 20 heavy (non-hydrogen) atoms. The van der Waals surface area contributed by atoms with E-state index < -0.39 is 9.84 Å². The molecule has 0 aromatic heterocycles. The first-order chi connectivity index (χ1) is 9.36. The Hall–Kier alpha value is -1.63. The lowest BCUT2D eigenvalue weighted by atomic mass is 10.1. The number of rotatable bonds is 2. The van der Waals surface area contributed by atoms with E-state index in [1.165, 1.54) is 30.5 Å². The van der Waals surface area contributed by atoms with Crippen molar-refractivity contribution in [3.8, 4) is 0 Å². The zero-order chi connectivity index (χ0) is 14.8. The monoisotopic (exact) mass is 300 g/mol. The average Bonchev–Trinajstić information content (AvgIpc) is 2.40. The number of likely N-dealkylation sites (tertiary alicyclic amines) is 1. The van der Waals surface area contributed by atoms with Gasteiger partial charge in [-0.3, -0.25) is 0 Å². The van der Waals surface area contributed by atoms with Crippen LogP contribution in [-0.4, -0.2) is 43.9 Å². The summed E-state index contributed by atoms with van der Waals surface area (Å²) in [5.74, 6) is -0.364. The lowest BCUT2D eigenvalue weighted by Crippen LogP contribution is -2.44. The first-order valence-corrected chi connectivity index (χ1v) is 8.32. The standard InChI is InChI=1S/C13H17FN2O3S/c1-20(18,19)12-6-8-16(9-7-12)13(17)15-11-4-2-10(14)3-5-11/h2-5,12H,6-9H2,1H3,(H,15,17). The Bertz CT molecular complexity index is 578. The summed E-state index contributed by atoms with van der Waals surface area (Å²) in [5, 5.41) is 2.30. The lowest BCUT2D eigenvalue weighted by molar-refractivity contribution is 0.200. The Kier molecular flexibility index (Phi) is 4.27. The molecular weight excluding hydrogens is 283 g/mol. The number of hydrogen-bond acceptors (Lipinski definition) is 3. The van der Waals surface area contributed by atoms with Crippen LogP contribution in [-0.2, 0) is 9.84 Å². The molecule has 1 aromatic rings. The number of nitrogens with one attached hydrogen (secondary N) is 1. The number of anilines is 1. The first kappa shape index (κ1) is 14.8. The van der Waals surface area contributed by atoms with E-state index >= 15 is 0 Å². The van der Waals surface area contributed by atoms with Gasteiger partial charge < -0.3 is 10.2 Å². The third-order valence-corrected chi connectivity index (χ3v) is 5.11. The minimum Gasteiger partial charge on any atom is -0.324 e. The van der Waals surface area contributed by atoms with Gasteiger partial charge in [0, 0.05) is 25.0 Å². The maximum absolute atomic E-state index is 12.8. The van der Waals surface area contributed by atoms with Gasteiger partial charge in [-0.25, -0.2) is 17.6 Å². The summed E-state index contributed by atoms with van der Waals surface area (Å²) in [7, 11) is -3.04. The third-order valence-electron chi connectivity index (χ3n) is 3.43. The highest BCUT2D eigenvalue weighted by atomic mass is 32.2. The molecule has 1 N–H and O–H groups in total. The van der Waals surface area contributed by atoms with Gasteiger partial charge in [-0.1, -0.05) is 0 Å². The molecule has 110 valence electrons. The van der Waals surface area contributed by atoms with Crippen LogP contribution >= 0.6 is 0 Å². The maximum atomic E-state index is 12.8. The lowest BCUT2D eigenvalue weighted by Gasteiger charge is -2.31. The predicted octanol–water partition coefficient (Wildman–Crippen LogP) is 1.87. The molecule has 0 atom stereocenters. The molecule has 0 spiro atoms. The summed E-state index contributed by atoms with van der Waals surface area (Å²) in [6, 6.07) is 5.22. The summed E-state index contributed by atoms with van der Waals surface area (Å²) in [5.41, 5.74) is 0.515. The van der Waals surface area contributed by atoms with E-state index in [0.717, 1.165) is 0 Å². The zero-order valence-corrected chi connectivity index (χ0v) is 12.0. The molecule has 1 aromatic carbocycles. The van der Waals surface area contributed by atoms with E-state index in [2.05, 4.69) is 5.32 Å². The van der Waals surface area contributed by atoms with Crippen molar-refractivity contribution in [3.63, 3.8) is 0 Å². The van der Waals surface area contributed by atoms with E-state index in [9.17, 15) is 17.6 Å². The third kappa shape index (κ3) is 3.69. The second-order valence-corrected chi connectivity index (χ2v) is 7.28. The molecule has 0 saturated carbocycles. The van der Waals surface area contributed by atoms with Crippen LogP contribution in [0.2, 0.25) is 0 Å². The molecule has 1 aliphatic heterocycles. The minimum atomic E-state index is -3.04. The summed E-state index contributed by atoms with van der Waals surface area (Å²) >= 11 is 0. The number of hydrogen-bond donors (Lipinski definition) is 1. The molecule has 1 heterocycles. The van der Waals surface area contributed by atoms with Crippen LogP contribution < -0.4 is 5.32 Å². The van der Waals surface area contributed by atoms with Gasteiger partial charge in [-0.15, -0.1) is 0 Å². The van der Waals surface area contributed by atoms with E-state index in [-0.39, 0.29) is 17.1 Å². The number of halogens is 1. The molecule has 2 amide bonds. The number of nitrogens with zero attached hydrogens (tertiary/aromatic N) is 1.